The Kier molecular flexibility index (Phi) is 6.12. The van der Waals surface area contributed by atoms with E-state index in [0.717, 1.165) is 55.1 Å². The van der Waals surface area contributed by atoms with Crippen LogP contribution in [-0.2, 0) is 23.0 Å². The van der Waals surface area contributed by atoms with Crippen LogP contribution in [0.2, 0.25) is 0 Å². The van der Waals surface area contributed by atoms with Crippen LogP contribution in [0.4, 0.5) is 5.69 Å². The van der Waals surface area contributed by atoms with E-state index in [1.54, 1.807) is 12.1 Å². The van der Waals surface area contributed by atoms with Crippen LogP contribution < -0.4 is 4.72 Å². The number of rotatable bonds is 6. The van der Waals surface area contributed by atoms with E-state index in [4.69, 9.17) is 0 Å². The maximum Gasteiger partial charge on any atom is 0.229 e. The molecule has 1 aliphatic rings. The van der Waals surface area contributed by atoms with E-state index >= 15 is 0 Å². The van der Waals surface area contributed by atoms with Gasteiger partial charge in [-0.15, -0.1) is 0 Å². The van der Waals surface area contributed by atoms with Crippen molar-refractivity contribution in [2.24, 2.45) is 5.92 Å². The number of aromatic amines is 1. The van der Waals surface area contributed by atoms with E-state index in [-0.39, 0.29) is 0 Å². The summed E-state index contributed by atoms with van der Waals surface area (Å²) in [7, 11) is -3.28. The third kappa shape index (κ3) is 5.70. The van der Waals surface area contributed by atoms with Crippen LogP contribution in [0.3, 0.4) is 0 Å². The lowest BCUT2D eigenvalue weighted by Gasteiger charge is -2.31. The molecule has 0 unspecified atom stereocenters. The number of sulfonamides is 1. The van der Waals surface area contributed by atoms with Gasteiger partial charge in [0.05, 0.1) is 29.5 Å². The summed E-state index contributed by atoms with van der Waals surface area (Å²) in [5.74, 6) is 1.67. The molecule has 0 aliphatic carbocycles. The molecule has 2 aromatic carbocycles. The van der Waals surface area contributed by atoms with Gasteiger partial charge in [0.15, 0.2) is 0 Å². The third-order valence-corrected chi connectivity index (χ3v) is 6.68. The van der Waals surface area contributed by atoms with Gasteiger partial charge < -0.3 is 4.98 Å². The second-order valence-corrected chi connectivity index (χ2v) is 10.8. The summed E-state index contributed by atoms with van der Waals surface area (Å²) in [5.41, 5.74) is 3.68. The predicted octanol–water partition coefficient (Wildman–Crippen LogP) is 3.99. The molecule has 6 nitrogen and oxygen atoms in total. The Morgan fingerprint density at radius 2 is 1.90 bits per heavy atom. The summed E-state index contributed by atoms with van der Waals surface area (Å²) in [4.78, 5) is 10.4. The smallest absolute Gasteiger partial charge is 0.229 e. The van der Waals surface area contributed by atoms with Gasteiger partial charge in [0.25, 0.3) is 0 Å². The summed E-state index contributed by atoms with van der Waals surface area (Å²) in [6.45, 7) is 2.94. The summed E-state index contributed by atoms with van der Waals surface area (Å²) in [5, 5.41) is 0. The molecule has 0 radical (unpaired) electrons. The number of imidazole rings is 1. The highest BCUT2D eigenvalue weighted by Gasteiger charge is 2.20. The standard InChI is InChI=1S/C21H25IN4O2S/c1-29(27,28)25-18-6-7-19-20(13-18)24-21(23-19)14-26-10-8-16(9-11-26)12-15-2-4-17(22)5-3-15/h2-7,13,16,25H,8-12,14H2,1H3,(H,23,24)/i22-2. The number of aromatic nitrogens is 2. The molecule has 29 heavy (non-hydrogen) atoms. The van der Waals surface area contributed by atoms with Crippen molar-refractivity contribution in [1.82, 2.24) is 14.9 Å². The van der Waals surface area contributed by atoms with Gasteiger partial charge in [0.2, 0.25) is 10.0 Å². The molecule has 1 aromatic heterocycles. The molecule has 1 saturated heterocycles. The minimum atomic E-state index is -3.28. The average molecular weight is 522 g/mol. The summed E-state index contributed by atoms with van der Waals surface area (Å²) >= 11 is 2.35. The van der Waals surface area contributed by atoms with Crippen LogP contribution in [0.1, 0.15) is 24.2 Å². The molecule has 4 rings (SSSR count). The van der Waals surface area contributed by atoms with Crippen LogP contribution in [0.15, 0.2) is 42.5 Å². The maximum absolute atomic E-state index is 11.4. The van der Waals surface area contributed by atoms with Crippen LogP contribution in [0, 0.1) is 9.49 Å². The largest absolute Gasteiger partial charge is 0.341 e. The Hall–Kier alpha value is -1.65. The van der Waals surface area contributed by atoms with Gasteiger partial charge in [-0.2, -0.15) is 0 Å². The van der Waals surface area contributed by atoms with E-state index in [0.29, 0.717) is 5.69 Å². The van der Waals surface area contributed by atoms with Crippen molar-refractivity contribution >= 4 is 49.3 Å². The first-order chi connectivity index (χ1) is 13.8. The average Bonchev–Trinajstić information content (AvgIpc) is 3.05. The fourth-order valence-corrected chi connectivity index (χ4v) is 4.84. The lowest BCUT2D eigenvalue weighted by Crippen LogP contribution is -2.34. The van der Waals surface area contributed by atoms with E-state index in [2.05, 4.69) is 66.4 Å². The summed E-state index contributed by atoms with van der Waals surface area (Å²) < 4.78 is 26.6. The van der Waals surface area contributed by atoms with Gasteiger partial charge in [0.1, 0.15) is 5.82 Å². The molecule has 2 N–H and O–H groups in total. The molecular weight excluding hydrogens is 497 g/mol. The number of hydrogen-bond acceptors (Lipinski definition) is 4. The fraction of sp³-hybridized carbons (Fsp3) is 0.381. The highest BCUT2D eigenvalue weighted by atomic mass is 125. The van der Waals surface area contributed by atoms with Crippen molar-refractivity contribution in [2.45, 2.75) is 25.8 Å². The molecule has 0 saturated carbocycles. The van der Waals surface area contributed by atoms with Crippen molar-refractivity contribution in [3.05, 3.63) is 57.4 Å². The quantitative estimate of drug-likeness (QED) is 0.480. The number of hydrogen-bond donors (Lipinski definition) is 2. The fourth-order valence-electron chi connectivity index (χ4n) is 3.93. The predicted molar refractivity (Wildman–Crippen MR) is 125 cm³/mol. The van der Waals surface area contributed by atoms with Crippen molar-refractivity contribution in [1.29, 1.82) is 0 Å². The van der Waals surface area contributed by atoms with E-state index in [1.165, 1.54) is 22.0 Å². The Bertz CT molecular complexity index is 1090. The number of nitrogens with zero attached hydrogens (tertiary/aromatic N) is 2. The molecule has 154 valence electrons. The lowest BCUT2D eigenvalue weighted by molar-refractivity contribution is 0.174. The van der Waals surface area contributed by atoms with Crippen molar-refractivity contribution < 1.29 is 8.42 Å². The van der Waals surface area contributed by atoms with E-state index < -0.39 is 10.0 Å². The zero-order valence-corrected chi connectivity index (χ0v) is 19.3. The first kappa shape index (κ1) is 20.6. The van der Waals surface area contributed by atoms with Gasteiger partial charge in [0, 0.05) is 3.57 Å². The van der Waals surface area contributed by atoms with Gasteiger partial charge in [-0.3, -0.25) is 9.62 Å². The Morgan fingerprint density at radius 1 is 1.17 bits per heavy atom. The number of halogens is 1. The Labute approximate surface area is 185 Å². The molecule has 3 aromatic rings. The molecule has 0 spiro atoms. The second kappa shape index (κ2) is 8.61. The van der Waals surface area contributed by atoms with Gasteiger partial charge in [-0.25, -0.2) is 13.4 Å². The lowest BCUT2D eigenvalue weighted by atomic mass is 9.90. The number of benzene rings is 2. The first-order valence-corrected chi connectivity index (χ1v) is 12.7. The maximum atomic E-state index is 11.4. The number of fused-ring (bicyclic) bond motifs is 1. The SMILES string of the molecule is CS(=O)(=O)Nc1ccc2nc(CN3CCC(Cc4ccc([125I])cc4)CC3)[nH]c2c1. The Morgan fingerprint density at radius 3 is 2.59 bits per heavy atom. The molecule has 1 aliphatic heterocycles. The third-order valence-electron chi connectivity index (χ3n) is 5.35. The van der Waals surface area contributed by atoms with Gasteiger partial charge >= 0.3 is 0 Å². The number of anilines is 1. The molecular formula is C21H25IN4O2S. The monoisotopic (exact) mass is 522 g/mol. The molecule has 0 amide bonds. The number of H-pyrrole nitrogens is 1. The van der Waals surface area contributed by atoms with Crippen LogP contribution in [0.5, 0.6) is 0 Å². The zero-order valence-electron chi connectivity index (χ0n) is 16.4. The van der Waals surface area contributed by atoms with Crippen LogP contribution in [-0.4, -0.2) is 42.6 Å². The number of nitrogens with one attached hydrogen (secondary N) is 2. The molecule has 0 atom stereocenters. The van der Waals surface area contributed by atoms with Gasteiger partial charge in [-0.05, 0) is 96.8 Å². The topological polar surface area (TPSA) is 78.1 Å². The molecule has 2 heterocycles. The molecule has 0 bridgehead atoms. The van der Waals surface area contributed by atoms with Crippen molar-refractivity contribution in [3.8, 4) is 0 Å². The number of likely N-dealkylation sites (tertiary alicyclic amines) is 1. The highest BCUT2D eigenvalue weighted by Crippen LogP contribution is 2.24. The number of piperidine rings is 1. The molecule has 8 heteroatoms. The molecule has 1 fully saturated rings. The van der Waals surface area contributed by atoms with Crippen LogP contribution >= 0.6 is 22.6 Å². The second-order valence-electron chi connectivity index (χ2n) is 7.84. The normalized spacial score (nSPS) is 16.3. The highest BCUT2D eigenvalue weighted by molar-refractivity contribution is 14.1. The van der Waals surface area contributed by atoms with E-state index in [1.807, 2.05) is 6.07 Å². The Balaban J connectivity index is 1.34. The zero-order chi connectivity index (χ0) is 20.4. The minimum Gasteiger partial charge on any atom is -0.341 e. The first-order valence-electron chi connectivity index (χ1n) is 9.77. The van der Waals surface area contributed by atoms with Gasteiger partial charge in [-0.1, -0.05) is 12.1 Å². The van der Waals surface area contributed by atoms with Crippen molar-refractivity contribution in [3.63, 3.8) is 0 Å². The minimum absolute atomic E-state index is 0.548. The van der Waals surface area contributed by atoms with Crippen molar-refractivity contribution in [2.75, 3.05) is 24.1 Å². The summed E-state index contributed by atoms with van der Waals surface area (Å²) in [6.07, 6.45) is 4.71. The van der Waals surface area contributed by atoms with E-state index in [9.17, 15) is 8.42 Å². The summed E-state index contributed by atoms with van der Waals surface area (Å²) in [6, 6.07) is 14.2. The van der Waals surface area contributed by atoms with Crippen LogP contribution in [0.25, 0.3) is 11.0 Å².